The minimum atomic E-state index is -2.37. The summed E-state index contributed by atoms with van der Waals surface area (Å²) in [6.45, 7) is 0. The van der Waals surface area contributed by atoms with Crippen LogP contribution in [0.5, 0.6) is 0 Å². The minimum absolute atomic E-state index is 0.450. The van der Waals surface area contributed by atoms with Gasteiger partial charge >= 0.3 is 0 Å². The Morgan fingerprint density at radius 2 is 1.80 bits per heavy atom. The van der Waals surface area contributed by atoms with E-state index in [2.05, 4.69) is 26.9 Å². The van der Waals surface area contributed by atoms with Gasteiger partial charge in [-0.3, -0.25) is 4.78 Å². The summed E-state index contributed by atoms with van der Waals surface area (Å²) in [5.41, 5.74) is 0.875. The summed E-state index contributed by atoms with van der Waals surface area (Å²) in [5, 5.41) is 1.06. The van der Waals surface area contributed by atoms with Gasteiger partial charge in [-0.1, -0.05) is 0 Å². The molecule has 4 rings (SSSR count). The summed E-state index contributed by atoms with van der Waals surface area (Å²) in [4.78, 5) is 14.2. The molecule has 7 heteroatoms. The van der Waals surface area contributed by atoms with E-state index < -0.39 is 9.73 Å². The summed E-state index contributed by atoms with van der Waals surface area (Å²) in [6, 6.07) is 2.48. The molecule has 136 valence electrons. The Bertz CT molecular complexity index is 834. The molecule has 2 aromatic rings. The molecule has 1 atom stereocenters. The molecule has 0 radical (unpaired) electrons. The van der Waals surface area contributed by atoms with E-state index in [0.29, 0.717) is 29.4 Å². The minimum Gasteiger partial charge on any atom is -0.356 e. The lowest BCUT2D eigenvalue weighted by Crippen LogP contribution is -2.37. The standard InChI is InChI=1S/C18H27N5OS/c1-23(18-16-8-9-20-17(16)21-12-22-18)15-6-4-14(5-7-15)11-25(19,24)10-13-2-3-13/h8-9,12-15,19H,2-7,10-11H2,1H3,(H,20,21,22)/t14-,15+,25?. The Morgan fingerprint density at radius 3 is 2.44 bits per heavy atom. The van der Waals surface area contributed by atoms with Crippen molar-refractivity contribution in [2.24, 2.45) is 11.8 Å². The van der Waals surface area contributed by atoms with Crippen LogP contribution in [0.15, 0.2) is 18.6 Å². The first-order valence-corrected chi connectivity index (χ1v) is 11.2. The predicted octanol–water partition coefficient (Wildman–Crippen LogP) is 3.41. The molecule has 6 nitrogen and oxygen atoms in total. The summed E-state index contributed by atoms with van der Waals surface area (Å²) in [5.74, 6) is 3.25. The highest BCUT2D eigenvalue weighted by Crippen LogP contribution is 2.34. The number of nitrogens with one attached hydrogen (secondary N) is 2. The highest BCUT2D eigenvalue weighted by molar-refractivity contribution is 7.92. The molecule has 0 bridgehead atoms. The fourth-order valence-corrected chi connectivity index (χ4v) is 6.45. The Labute approximate surface area is 149 Å². The van der Waals surface area contributed by atoms with Crippen molar-refractivity contribution in [2.45, 2.75) is 44.6 Å². The van der Waals surface area contributed by atoms with E-state index in [0.717, 1.165) is 42.5 Å². The van der Waals surface area contributed by atoms with E-state index >= 15 is 0 Å². The van der Waals surface area contributed by atoms with Crippen molar-refractivity contribution in [1.82, 2.24) is 15.0 Å². The van der Waals surface area contributed by atoms with Gasteiger partial charge < -0.3 is 9.88 Å². The highest BCUT2D eigenvalue weighted by Gasteiger charge is 2.30. The number of aromatic nitrogens is 3. The molecule has 0 spiro atoms. The summed E-state index contributed by atoms with van der Waals surface area (Å²) in [7, 11) is -0.256. The summed E-state index contributed by atoms with van der Waals surface area (Å²) >= 11 is 0. The van der Waals surface area contributed by atoms with Crippen LogP contribution in [0.25, 0.3) is 11.0 Å². The first-order valence-electron chi connectivity index (χ1n) is 9.27. The number of anilines is 1. The van der Waals surface area contributed by atoms with Crippen LogP contribution < -0.4 is 4.90 Å². The van der Waals surface area contributed by atoms with Crippen molar-refractivity contribution in [1.29, 1.82) is 4.78 Å². The first kappa shape index (κ1) is 16.8. The second-order valence-electron chi connectivity index (χ2n) is 7.81. The topological polar surface area (TPSA) is 85.7 Å². The Kier molecular flexibility index (Phi) is 4.43. The van der Waals surface area contributed by atoms with Crippen LogP contribution in [-0.4, -0.2) is 43.8 Å². The molecule has 0 amide bonds. The lowest BCUT2D eigenvalue weighted by molar-refractivity contribution is 0.342. The molecule has 2 N–H and O–H groups in total. The fraction of sp³-hybridized carbons (Fsp3) is 0.667. The zero-order chi connectivity index (χ0) is 17.4. The van der Waals surface area contributed by atoms with Gasteiger partial charge in [0.15, 0.2) is 0 Å². The van der Waals surface area contributed by atoms with Gasteiger partial charge in [0.25, 0.3) is 0 Å². The molecule has 2 fully saturated rings. The molecule has 2 aliphatic rings. The molecular weight excluding hydrogens is 334 g/mol. The molecule has 2 saturated carbocycles. The normalized spacial score (nSPS) is 26.4. The third kappa shape index (κ3) is 3.81. The van der Waals surface area contributed by atoms with Crippen LogP contribution in [-0.2, 0) is 9.73 Å². The number of hydrogen-bond donors (Lipinski definition) is 2. The lowest BCUT2D eigenvalue weighted by atomic mass is 9.86. The van der Waals surface area contributed by atoms with Crippen molar-refractivity contribution in [3.05, 3.63) is 18.6 Å². The maximum absolute atomic E-state index is 12.5. The number of H-pyrrole nitrogens is 1. The second-order valence-corrected chi connectivity index (χ2v) is 10.1. The SMILES string of the molecule is CN(c1ncnc2[nH]ccc12)[C@H]1CC[C@@H](CS(=N)(=O)CC2CC2)CC1. The number of hydrogen-bond acceptors (Lipinski definition) is 5. The number of nitrogens with zero attached hydrogens (tertiary/aromatic N) is 3. The van der Waals surface area contributed by atoms with Gasteiger partial charge in [0, 0.05) is 40.5 Å². The van der Waals surface area contributed by atoms with Crippen molar-refractivity contribution < 1.29 is 4.21 Å². The van der Waals surface area contributed by atoms with E-state index in [-0.39, 0.29) is 0 Å². The molecule has 0 saturated heterocycles. The van der Waals surface area contributed by atoms with Crippen molar-refractivity contribution in [2.75, 3.05) is 23.5 Å². The molecule has 0 aliphatic heterocycles. The van der Waals surface area contributed by atoms with Gasteiger partial charge in [-0.15, -0.1) is 0 Å². The van der Waals surface area contributed by atoms with Crippen LogP contribution >= 0.6 is 0 Å². The first-order chi connectivity index (χ1) is 12.0. The third-order valence-corrected chi connectivity index (χ3v) is 7.76. The molecule has 2 aliphatic carbocycles. The molecule has 2 heterocycles. The van der Waals surface area contributed by atoms with Gasteiger partial charge in [-0.25, -0.2) is 14.2 Å². The Hall–Kier alpha value is -1.63. The predicted molar refractivity (Wildman–Crippen MR) is 101 cm³/mol. The average molecular weight is 362 g/mol. The van der Waals surface area contributed by atoms with Gasteiger partial charge in [0.2, 0.25) is 0 Å². The highest BCUT2D eigenvalue weighted by atomic mass is 32.2. The van der Waals surface area contributed by atoms with E-state index in [4.69, 9.17) is 4.78 Å². The molecule has 0 aromatic carbocycles. The van der Waals surface area contributed by atoms with Gasteiger partial charge in [-0.2, -0.15) is 0 Å². The second kappa shape index (κ2) is 6.59. The maximum Gasteiger partial charge on any atom is 0.142 e. The van der Waals surface area contributed by atoms with E-state index in [1.807, 2.05) is 12.3 Å². The van der Waals surface area contributed by atoms with Crippen LogP contribution in [0.1, 0.15) is 38.5 Å². The Balaban J connectivity index is 1.37. The largest absolute Gasteiger partial charge is 0.356 e. The number of rotatable bonds is 6. The van der Waals surface area contributed by atoms with Crippen LogP contribution in [0.4, 0.5) is 5.82 Å². The van der Waals surface area contributed by atoms with Crippen molar-refractivity contribution >= 4 is 26.6 Å². The quantitative estimate of drug-likeness (QED) is 0.825. The third-order valence-electron chi connectivity index (χ3n) is 5.74. The monoisotopic (exact) mass is 361 g/mol. The van der Waals surface area contributed by atoms with Crippen molar-refractivity contribution in [3.8, 4) is 0 Å². The molecule has 1 unspecified atom stereocenters. The van der Waals surface area contributed by atoms with E-state index in [1.54, 1.807) is 6.33 Å². The molecule has 2 aromatic heterocycles. The zero-order valence-electron chi connectivity index (χ0n) is 14.8. The van der Waals surface area contributed by atoms with Crippen LogP contribution in [0.2, 0.25) is 0 Å². The summed E-state index contributed by atoms with van der Waals surface area (Å²) in [6.07, 6.45) is 10.2. The van der Waals surface area contributed by atoms with Crippen LogP contribution in [0.3, 0.4) is 0 Å². The number of fused-ring (bicyclic) bond motifs is 1. The lowest BCUT2D eigenvalue weighted by Gasteiger charge is -2.35. The molecule has 25 heavy (non-hydrogen) atoms. The maximum atomic E-state index is 12.5. The van der Waals surface area contributed by atoms with Gasteiger partial charge in [0.05, 0.1) is 5.39 Å². The summed E-state index contributed by atoms with van der Waals surface area (Å²) < 4.78 is 20.7. The number of aromatic amines is 1. The average Bonchev–Trinajstić information content (AvgIpc) is 3.25. The Morgan fingerprint density at radius 1 is 1.16 bits per heavy atom. The van der Waals surface area contributed by atoms with E-state index in [1.165, 1.54) is 12.8 Å². The molecular formula is C18H27N5OS. The van der Waals surface area contributed by atoms with Gasteiger partial charge in [-0.05, 0) is 56.4 Å². The van der Waals surface area contributed by atoms with Crippen LogP contribution in [0, 0.1) is 16.6 Å². The van der Waals surface area contributed by atoms with Gasteiger partial charge in [0.1, 0.15) is 17.8 Å². The zero-order valence-corrected chi connectivity index (χ0v) is 15.6. The fourth-order valence-electron chi connectivity index (χ4n) is 4.13. The smallest absolute Gasteiger partial charge is 0.142 e. The van der Waals surface area contributed by atoms with Crippen molar-refractivity contribution in [3.63, 3.8) is 0 Å². The van der Waals surface area contributed by atoms with E-state index in [9.17, 15) is 4.21 Å².